The molecule has 4 nitrogen and oxygen atoms in total. The summed E-state index contributed by atoms with van der Waals surface area (Å²) in [4.78, 5) is 6.13. The molecule has 4 rings (SSSR count). The molecule has 0 fully saturated rings. The number of ether oxygens (including phenoxy) is 2. The van der Waals surface area contributed by atoms with E-state index in [0.29, 0.717) is 6.79 Å². The molecule has 0 aliphatic carbocycles. The first-order valence-electron chi connectivity index (χ1n) is 8.80. The number of fused-ring (bicyclic) bond motifs is 1. The molecule has 140 valence electrons. The van der Waals surface area contributed by atoms with E-state index in [0.717, 1.165) is 39.5 Å². The molecule has 1 aromatic heterocycles. The number of thiazole rings is 1. The van der Waals surface area contributed by atoms with Crippen molar-refractivity contribution in [3.05, 3.63) is 63.6 Å². The average molecular weight is 401 g/mol. The second-order valence-corrected chi connectivity index (χ2v) is 9.06. The predicted octanol–water partition coefficient (Wildman–Crippen LogP) is 6.16. The fraction of sp³-hybridized carbons (Fsp3) is 0.286. The van der Waals surface area contributed by atoms with Crippen molar-refractivity contribution in [1.29, 1.82) is 0 Å². The Balaban J connectivity index is 1.62. The Morgan fingerprint density at radius 2 is 1.81 bits per heavy atom. The Hall–Kier alpha value is -2.24. The van der Waals surface area contributed by atoms with Crippen molar-refractivity contribution in [3.63, 3.8) is 0 Å². The Morgan fingerprint density at radius 1 is 1.07 bits per heavy atom. The number of nitrogens with one attached hydrogen (secondary N) is 1. The minimum absolute atomic E-state index is 0.0396. The molecule has 0 radical (unpaired) electrons. The highest BCUT2D eigenvalue weighted by molar-refractivity contribution is 7.15. The first kappa shape index (κ1) is 18.1. The maximum absolute atomic E-state index is 5.97. The zero-order valence-corrected chi connectivity index (χ0v) is 17.1. The second kappa shape index (κ2) is 7.06. The van der Waals surface area contributed by atoms with Crippen molar-refractivity contribution in [2.24, 2.45) is 0 Å². The summed E-state index contributed by atoms with van der Waals surface area (Å²) in [5.41, 5.74) is 3.23. The zero-order chi connectivity index (χ0) is 19.0. The Labute approximate surface area is 168 Å². The lowest BCUT2D eigenvalue weighted by Crippen LogP contribution is -2.14. The van der Waals surface area contributed by atoms with Crippen molar-refractivity contribution >= 4 is 33.8 Å². The third-order valence-electron chi connectivity index (χ3n) is 4.30. The lowest BCUT2D eigenvalue weighted by Gasteiger charge is -2.17. The minimum atomic E-state index is -0.0396. The summed E-state index contributed by atoms with van der Waals surface area (Å²) in [7, 11) is 0. The summed E-state index contributed by atoms with van der Waals surface area (Å²) >= 11 is 7.66. The summed E-state index contributed by atoms with van der Waals surface area (Å²) < 4.78 is 10.9. The van der Waals surface area contributed by atoms with E-state index in [9.17, 15) is 0 Å². The topological polar surface area (TPSA) is 43.4 Å². The van der Waals surface area contributed by atoms with Gasteiger partial charge in [-0.3, -0.25) is 0 Å². The molecule has 0 saturated carbocycles. The van der Waals surface area contributed by atoms with Crippen molar-refractivity contribution in [3.8, 4) is 11.5 Å². The van der Waals surface area contributed by atoms with E-state index in [1.54, 1.807) is 11.3 Å². The number of rotatable bonds is 4. The lowest BCUT2D eigenvalue weighted by atomic mass is 9.90. The van der Waals surface area contributed by atoms with Gasteiger partial charge in [-0.1, -0.05) is 38.4 Å². The van der Waals surface area contributed by atoms with Crippen molar-refractivity contribution in [2.45, 2.75) is 32.6 Å². The number of aromatic nitrogens is 1. The first-order valence-corrected chi connectivity index (χ1v) is 9.99. The second-order valence-electron chi connectivity index (χ2n) is 7.54. The molecule has 0 unspecified atom stereocenters. The van der Waals surface area contributed by atoms with Crippen LogP contribution in [0.4, 0.5) is 10.8 Å². The van der Waals surface area contributed by atoms with Crippen LogP contribution in [0.15, 0.2) is 42.5 Å². The van der Waals surface area contributed by atoms with Crippen LogP contribution in [0.1, 0.15) is 36.9 Å². The van der Waals surface area contributed by atoms with Gasteiger partial charge in [0.1, 0.15) is 0 Å². The number of halogens is 1. The van der Waals surface area contributed by atoms with Gasteiger partial charge < -0.3 is 14.8 Å². The number of hydrogen-bond donors (Lipinski definition) is 1. The molecule has 2 heterocycles. The molecular formula is C21H21ClN2O2S. The molecular weight excluding hydrogens is 380 g/mol. The summed E-state index contributed by atoms with van der Waals surface area (Å²) in [6.07, 6.45) is 0.809. The van der Waals surface area contributed by atoms with Gasteiger partial charge in [0, 0.05) is 27.4 Å². The summed E-state index contributed by atoms with van der Waals surface area (Å²) in [6, 6.07) is 13.8. The third-order valence-corrected chi connectivity index (χ3v) is 5.53. The Morgan fingerprint density at radius 3 is 2.56 bits per heavy atom. The Bertz CT molecular complexity index is 961. The van der Waals surface area contributed by atoms with Crippen molar-refractivity contribution in [1.82, 2.24) is 4.98 Å². The predicted molar refractivity (Wildman–Crippen MR) is 111 cm³/mol. The molecule has 0 spiro atoms. The van der Waals surface area contributed by atoms with Gasteiger partial charge in [-0.2, -0.15) is 0 Å². The van der Waals surface area contributed by atoms with E-state index in [4.69, 9.17) is 26.1 Å². The summed E-state index contributed by atoms with van der Waals surface area (Å²) in [5, 5.41) is 5.00. The first-order chi connectivity index (χ1) is 12.9. The monoisotopic (exact) mass is 400 g/mol. The molecule has 0 atom stereocenters. The number of hydrogen-bond acceptors (Lipinski definition) is 5. The lowest BCUT2D eigenvalue weighted by molar-refractivity contribution is 0.174. The van der Waals surface area contributed by atoms with Crippen LogP contribution < -0.4 is 14.8 Å². The molecule has 0 saturated heterocycles. The molecule has 0 bridgehead atoms. The fourth-order valence-electron chi connectivity index (χ4n) is 3.00. The Kier molecular flexibility index (Phi) is 4.74. The molecule has 3 aromatic rings. The number of nitrogens with zero attached hydrogens (tertiary/aromatic N) is 1. The number of anilines is 2. The van der Waals surface area contributed by atoms with Gasteiger partial charge in [0.05, 0.1) is 5.69 Å². The van der Waals surface area contributed by atoms with Gasteiger partial charge in [-0.15, -0.1) is 11.3 Å². The largest absolute Gasteiger partial charge is 0.454 e. The van der Waals surface area contributed by atoms with Crippen LogP contribution >= 0.6 is 22.9 Å². The van der Waals surface area contributed by atoms with Crippen molar-refractivity contribution < 1.29 is 9.47 Å². The fourth-order valence-corrected chi connectivity index (χ4v) is 4.36. The molecule has 2 aromatic carbocycles. The molecule has 1 aliphatic rings. The van der Waals surface area contributed by atoms with Crippen LogP contribution in [0.3, 0.4) is 0 Å². The molecule has 1 N–H and O–H groups in total. The molecule has 27 heavy (non-hydrogen) atoms. The quantitative estimate of drug-likeness (QED) is 0.569. The van der Waals surface area contributed by atoms with Gasteiger partial charge in [-0.25, -0.2) is 4.98 Å². The minimum Gasteiger partial charge on any atom is -0.454 e. The smallest absolute Gasteiger partial charge is 0.231 e. The summed E-state index contributed by atoms with van der Waals surface area (Å²) in [6.45, 7) is 6.87. The van der Waals surface area contributed by atoms with E-state index in [-0.39, 0.29) is 5.41 Å². The maximum atomic E-state index is 5.97. The van der Waals surface area contributed by atoms with Crippen LogP contribution in [0, 0.1) is 0 Å². The van der Waals surface area contributed by atoms with E-state index in [1.165, 1.54) is 10.4 Å². The average Bonchev–Trinajstić information content (AvgIpc) is 3.23. The van der Waals surface area contributed by atoms with Gasteiger partial charge in [-0.05, 0) is 42.0 Å². The van der Waals surface area contributed by atoms with Crippen LogP contribution in [-0.2, 0) is 11.8 Å². The highest BCUT2D eigenvalue weighted by Crippen LogP contribution is 2.37. The van der Waals surface area contributed by atoms with E-state index >= 15 is 0 Å². The summed E-state index contributed by atoms with van der Waals surface area (Å²) in [5.74, 6) is 1.62. The van der Waals surface area contributed by atoms with Gasteiger partial charge in [0.2, 0.25) is 6.79 Å². The van der Waals surface area contributed by atoms with Crippen LogP contribution in [0.25, 0.3) is 0 Å². The standard InChI is InChI=1S/C21H21ClN2O2S/c1-21(2,3)19-18(11-13-4-9-16-17(10-13)26-12-25-16)27-20(24-19)23-15-7-5-14(22)6-8-15/h4-10H,11-12H2,1-3H3,(H,23,24). The van der Waals surface area contributed by atoms with Gasteiger partial charge >= 0.3 is 0 Å². The van der Waals surface area contributed by atoms with E-state index in [1.807, 2.05) is 30.3 Å². The zero-order valence-electron chi connectivity index (χ0n) is 15.5. The van der Waals surface area contributed by atoms with Crippen LogP contribution in [-0.4, -0.2) is 11.8 Å². The third kappa shape index (κ3) is 4.04. The van der Waals surface area contributed by atoms with Crippen LogP contribution in [0.5, 0.6) is 11.5 Å². The highest BCUT2D eigenvalue weighted by Gasteiger charge is 2.24. The van der Waals surface area contributed by atoms with Crippen LogP contribution in [0.2, 0.25) is 5.02 Å². The van der Waals surface area contributed by atoms with Gasteiger partial charge in [0.25, 0.3) is 0 Å². The normalized spacial score (nSPS) is 13.0. The number of benzene rings is 2. The molecule has 6 heteroatoms. The SMILES string of the molecule is CC(C)(C)c1nc(Nc2ccc(Cl)cc2)sc1Cc1ccc2c(c1)OCO2. The highest BCUT2D eigenvalue weighted by atomic mass is 35.5. The van der Waals surface area contributed by atoms with E-state index in [2.05, 4.69) is 38.2 Å². The molecule has 1 aliphatic heterocycles. The van der Waals surface area contributed by atoms with Gasteiger partial charge in [0.15, 0.2) is 16.6 Å². The van der Waals surface area contributed by atoms with Crippen molar-refractivity contribution in [2.75, 3.05) is 12.1 Å². The molecule has 0 amide bonds. The van der Waals surface area contributed by atoms with E-state index < -0.39 is 0 Å². The maximum Gasteiger partial charge on any atom is 0.231 e.